The zero-order valence-electron chi connectivity index (χ0n) is 13.3. The highest BCUT2D eigenvalue weighted by Gasteiger charge is 2.14. The van der Waals surface area contributed by atoms with Gasteiger partial charge in [0.1, 0.15) is 6.04 Å². The predicted octanol–water partition coefficient (Wildman–Crippen LogP) is 2.31. The molecule has 21 heavy (non-hydrogen) atoms. The summed E-state index contributed by atoms with van der Waals surface area (Å²) in [6.07, 6.45) is 3.31. The van der Waals surface area contributed by atoms with Crippen LogP contribution in [-0.2, 0) is 4.79 Å². The van der Waals surface area contributed by atoms with Gasteiger partial charge in [-0.05, 0) is 44.5 Å². The second-order valence-corrected chi connectivity index (χ2v) is 5.37. The van der Waals surface area contributed by atoms with E-state index < -0.39 is 6.04 Å². The van der Waals surface area contributed by atoms with Crippen molar-refractivity contribution in [2.45, 2.75) is 39.2 Å². The number of nitrogens with two attached hydrogens (primary N) is 1. The standard InChI is InChI=1S/C17H29N3O/c1-3-12-20(13-4-2)14-8-11-19-17(21)16(18)15-9-6-5-7-10-15/h5-7,9-10,16H,3-4,8,11-14,18H2,1-2H3,(H,19,21). The monoisotopic (exact) mass is 291 g/mol. The van der Waals surface area contributed by atoms with Crippen molar-refractivity contribution in [3.05, 3.63) is 35.9 Å². The van der Waals surface area contributed by atoms with Crippen LogP contribution < -0.4 is 11.1 Å². The summed E-state index contributed by atoms with van der Waals surface area (Å²) in [5, 5.41) is 2.93. The molecule has 0 aliphatic heterocycles. The zero-order chi connectivity index (χ0) is 15.5. The van der Waals surface area contributed by atoms with Crippen LogP contribution in [0.3, 0.4) is 0 Å². The summed E-state index contributed by atoms with van der Waals surface area (Å²) in [6, 6.07) is 8.91. The molecule has 0 fully saturated rings. The minimum atomic E-state index is -0.575. The number of carbonyl (C=O) groups excluding carboxylic acids is 1. The predicted molar refractivity (Wildman–Crippen MR) is 88.0 cm³/mol. The van der Waals surface area contributed by atoms with Gasteiger partial charge in [0, 0.05) is 6.54 Å². The van der Waals surface area contributed by atoms with E-state index in [-0.39, 0.29) is 5.91 Å². The summed E-state index contributed by atoms with van der Waals surface area (Å²) >= 11 is 0. The molecular weight excluding hydrogens is 262 g/mol. The molecule has 4 nitrogen and oxygen atoms in total. The lowest BCUT2D eigenvalue weighted by molar-refractivity contribution is -0.122. The van der Waals surface area contributed by atoms with Crippen LogP contribution >= 0.6 is 0 Å². The molecule has 0 heterocycles. The molecule has 1 aromatic carbocycles. The second-order valence-electron chi connectivity index (χ2n) is 5.37. The van der Waals surface area contributed by atoms with Gasteiger partial charge in [-0.15, -0.1) is 0 Å². The van der Waals surface area contributed by atoms with Gasteiger partial charge in [0.05, 0.1) is 0 Å². The quantitative estimate of drug-likeness (QED) is 0.650. The fraction of sp³-hybridized carbons (Fsp3) is 0.588. The maximum Gasteiger partial charge on any atom is 0.241 e. The Hall–Kier alpha value is -1.39. The highest BCUT2D eigenvalue weighted by molar-refractivity contribution is 5.82. The average molecular weight is 291 g/mol. The summed E-state index contributed by atoms with van der Waals surface area (Å²) in [5.74, 6) is -0.0984. The maximum atomic E-state index is 12.0. The summed E-state index contributed by atoms with van der Waals surface area (Å²) < 4.78 is 0. The van der Waals surface area contributed by atoms with Gasteiger partial charge in [-0.3, -0.25) is 4.79 Å². The lowest BCUT2D eigenvalue weighted by atomic mass is 10.1. The molecular formula is C17H29N3O. The number of hydrogen-bond acceptors (Lipinski definition) is 3. The van der Waals surface area contributed by atoms with Gasteiger partial charge in [-0.25, -0.2) is 0 Å². The lowest BCUT2D eigenvalue weighted by Gasteiger charge is -2.21. The zero-order valence-corrected chi connectivity index (χ0v) is 13.3. The van der Waals surface area contributed by atoms with Crippen molar-refractivity contribution in [1.82, 2.24) is 10.2 Å². The number of rotatable bonds is 10. The molecule has 118 valence electrons. The van der Waals surface area contributed by atoms with E-state index in [1.165, 1.54) is 12.8 Å². The van der Waals surface area contributed by atoms with Crippen LogP contribution in [0.25, 0.3) is 0 Å². The molecule has 0 bridgehead atoms. The first-order valence-electron chi connectivity index (χ1n) is 7.99. The van der Waals surface area contributed by atoms with E-state index in [4.69, 9.17) is 5.73 Å². The van der Waals surface area contributed by atoms with Crippen LogP contribution in [-0.4, -0.2) is 37.0 Å². The van der Waals surface area contributed by atoms with Gasteiger partial charge in [-0.2, -0.15) is 0 Å². The smallest absolute Gasteiger partial charge is 0.241 e. The normalized spacial score (nSPS) is 12.4. The first kappa shape index (κ1) is 17.7. The molecule has 4 heteroatoms. The molecule has 0 aliphatic carbocycles. The fourth-order valence-corrected chi connectivity index (χ4v) is 2.40. The number of nitrogens with one attached hydrogen (secondary N) is 1. The third-order valence-corrected chi connectivity index (χ3v) is 3.47. The van der Waals surface area contributed by atoms with Crippen molar-refractivity contribution in [2.24, 2.45) is 5.73 Å². The van der Waals surface area contributed by atoms with E-state index >= 15 is 0 Å². The Kier molecular flexibility index (Phi) is 8.71. The van der Waals surface area contributed by atoms with E-state index in [0.717, 1.165) is 31.6 Å². The molecule has 0 aliphatic rings. The molecule has 1 aromatic rings. The molecule has 0 aromatic heterocycles. The minimum Gasteiger partial charge on any atom is -0.354 e. The summed E-state index contributed by atoms with van der Waals surface area (Å²) in [7, 11) is 0. The average Bonchev–Trinajstić information content (AvgIpc) is 2.51. The Morgan fingerprint density at radius 2 is 1.76 bits per heavy atom. The molecule has 0 saturated carbocycles. The van der Waals surface area contributed by atoms with Crippen molar-refractivity contribution in [3.63, 3.8) is 0 Å². The Labute approximate surface area is 128 Å². The van der Waals surface area contributed by atoms with Crippen LogP contribution in [0, 0.1) is 0 Å². The Bertz CT molecular complexity index is 388. The first-order valence-corrected chi connectivity index (χ1v) is 7.99. The van der Waals surface area contributed by atoms with Crippen LogP contribution in [0.4, 0.5) is 0 Å². The topological polar surface area (TPSA) is 58.4 Å². The molecule has 0 radical (unpaired) electrons. The first-order chi connectivity index (χ1) is 10.2. The molecule has 1 atom stereocenters. The van der Waals surface area contributed by atoms with Gasteiger partial charge in [0.2, 0.25) is 5.91 Å². The van der Waals surface area contributed by atoms with Gasteiger partial charge in [0.25, 0.3) is 0 Å². The van der Waals surface area contributed by atoms with E-state index in [1.807, 2.05) is 30.3 Å². The SMILES string of the molecule is CCCN(CCC)CCCNC(=O)C(N)c1ccccc1. The van der Waals surface area contributed by atoms with E-state index in [0.29, 0.717) is 6.54 Å². The molecule has 1 rings (SSSR count). The van der Waals surface area contributed by atoms with E-state index in [2.05, 4.69) is 24.1 Å². The van der Waals surface area contributed by atoms with Crippen molar-refractivity contribution in [2.75, 3.05) is 26.2 Å². The molecule has 1 amide bonds. The number of nitrogens with zero attached hydrogens (tertiary/aromatic N) is 1. The highest BCUT2D eigenvalue weighted by atomic mass is 16.2. The van der Waals surface area contributed by atoms with Gasteiger partial charge < -0.3 is 16.0 Å². The van der Waals surface area contributed by atoms with Gasteiger partial charge >= 0.3 is 0 Å². The number of amides is 1. The van der Waals surface area contributed by atoms with Gasteiger partial charge in [0.15, 0.2) is 0 Å². The van der Waals surface area contributed by atoms with Crippen LogP contribution in [0.2, 0.25) is 0 Å². The fourth-order valence-electron chi connectivity index (χ4n) is 2.40. The Balaban J connectivity index is 2.27. The Morgan fingerprint density at radius 3 is 2.33 bits per heavy atom. The van der Waals surface area contributed by atoms with Crippen molar-refractivity contribution >= 4 is 5.91 Å². The number of benzene rings is 1. The Morgan fingerprint density at radius 1 is 1.14 bits per heavy atom. The molecule has 3 N–H and O–H groups in total. The number of hydrogen-bond donors (Lipinski definition) is 2. The van der Waals surface area contributed by atoms with Crippen LogP contribution in [0.5, 0.6) is 0 Å². The van der Waals surface area contributed by atoms with Crippen molar-refractivity contribution in [1.29, 1.82) is 0 Å². The summed E-state index contributed by atoms with van der Waals surface area (Å²) in [6.45, 7) is 8.37. The van der Waals surface area contributed by atoms with E-state index in [1.54, 1.807) is 0 Å². The summed E-state index contributed by atoms with van der Waals surface area (Å²) in [5.41, 5.74) is 6.81. The van der Waals surface area contributed by atoms with E-state index in [9.17, 15) is 4.79 Å². The largest absolute Gasteiger partial charge is 0.354 e. The third kappa shape index (κ3) is 6.74. The molecule has 0 spiro atoms. The third-order valence-electron chi connectivity index (χ3n) is 3.47. The number of carbonyl (C=O) groups is 1. The lowest BCUT2D eigenvalue weighted by Crippen LogP contribution is -2.36. The second kappa shape index (κ2) is 10.4. The highest BCUT2D eigenvalue weighted by Crippen LogP contribution is 2.09. The van der Waals surface area contributed by atoms with Gasteiger partial charge in [-0.1, -0.05) is 44.2 Å². The summed E-state index contributed by atoms with van der Waals surface area (Å²) in [4.78, 5) is 14.4. The van der Waals surface area contributed by atoms with Crippen molar-refractivity contribution in [3.8, 4) is 0 Å². The molecule has 1 unspecified atom stereocenters. The molecule has 0 saturated heterocycles. The minimum absolute atomic E-state index is 0.0984. The van der Waals surface area contributed by atoms with Crippen LogP contribution in [0.1, 0.15) is 44.7 Å². The van der Waals surface area contributed by atoms with Crippen LogP contribution in [0.15, 0.2) is 30.3 Å². The van der Waals surface area contributed by atoms with Crippen molar-refractivity contribution < 1.29 is 4.79 Å². The maximum absolute atomic E-state index is 12.0.